The molecule has 1 atom stereocenters. The van der Waals surface area contributed by atoms with E-state index in [1.165, 1.54) is 0 Å². The largest absolute Gasteiger partial charge is 0.497 e. The van der Waals surface area contributed by atoms with Crippen LogP contribution >= 0.6 is 0 Å². The SMILES string of the molecule is CCOC(=O)N1CCN([C@@H](C)C(=O)Nc2ccc(OC)cc2)CC1. The van der Waals surface area contributed by atoms with Gasteiger partial charge in [-0.15, -0.1) is 0 Å². The lowest BCUT2D eigenvalue weighted by Gasteiger charge is -2.36. The van der Waals surface area contributed by atoms with Crippen LogP contribution in [-0.4, -0.2) is 67.7 Å². The lowest BCUT2D eigenvalue weighted by atomic mass is 10.2. The summed E-state index contributed by atoms with van der Waals surface area (Å²) < 4.78 is 10.1. The summed E-state index contributed by atoms with van der Waals surface area (Å²) in [6, 6.07) is 6.96. The number of carbonyl (C=O) groups excluding carboxylic acids is 2. The minimum Gasteiger partial charge on any atom is -0.497 e. The second-order valence-corrected chi connectivity index (χ2v) is 5.62. The van der Waals surface area contributed by atoms with Crippen LogP contribution in [0.3, 0.4) is 0 Å². The van der Waals surface area contributed by atoms with E-state index in [1.54, 1.807) is 31.1 Å². The van der Waals surface area contributed by atoms with Crippen molar-refractivity contribution in [3.63, 3.8) is 0 Å². The second-order valence-electron chi connectivity index (χ2n) is 5.62. The van der Waals surface area contributed by atoms with Gasteiger partial charge in [-0.05, 0) is 38.1 Å². The quantitative estimate of drug-likeness (QED) is 0.888. The number of hydrogen-bond acceptors (Lipinski definition) is 5. The van der Waals surface area contributed by atoms with E-state index >= 15 is 0 Å². The Morgan fingerprint density at radius 3 is 2.33 bits per heavy atom. The first-order valence-electron chi connectivity index (χ1n) is 8.15. The van der Waals surface area contributed by atoms with Gasteiger partial charge in [-0.2, -0.15) is 0 Å². The van der Waals surface area contributed by atoms with Gasteiger partial charge in [-0.1, -0.05) is 0 Å². The van der Waals surface area contributed by atoms with Crippen LogP contribution in [0.5, 0.6) is 5.75 Å². The Bertz CT molecular complexity index is 553. The standard InChI is InChI=1S/C17H25N3O4/c1-4-24-17(22)20-11-9-19(10-12-20)13(2)16(21)18-14-5-7-15(23-3)8-6-14/h5-8,13H,4,9-12H2,1-3H3,(H,18,21)/t13-/m0/s1. The van der Waals surface area contributed by atoms with Crippen LogP contribution in [0.2, 0.25) is 0 Å². The van der Waals surface area contributed by atoms with Crippen LogP contribution in [0.1, 0.15) is 13.8 Å². The zero-order valence-electron chi connectivity index (χ0n) is 14.4. The van der Waals surface area contributed by atoms with E-state index in [-0.39, 0.29) is 18.0 Å². The Balaban J connectivity index is 1.84. The summed E-state index contributed by atoms with van der Waals surface area (Å²) in [5, 5.41) is 2.90. The van der Waals surface area contributed by atoms with Gasteiger partial charge in [-0.25, -0.2) is 4.79 Å². The maximum Gasteiger partial charge on any atom is 0.409 e. The fourth-order valence-corrected chi connectivity index (χ4v) is 2.59. The summed E-state index contributed by atoms with van der Waals surface area (Å²) in [7, 11) is 1.60. The van der Waals surface area contributed by atoms with E-state index in [1.807, 2.05) is 19.1 Å². The maximum absolute atomic E-state index is 12.4. The highest BCUT2D eigenvalue weighted by atomic mass is 16.6. The number of hydrogen-bond donors (Lipinski definition) is 1. The summed E-state index contributed by atoms with van der Waals surface area (Å²) >= 11 is 0. The van der Waals surface area contributed by atoms with E-state index < -0.39 is 0 Å². The molecule has 7 nitrogen and oxygen atoms in total. The molecule has 1 aromatic rings. The first-order chi connectivity index (χ1) is 11.5. The maximum atomic E-state index is 12.4. The minimum absolute atomic E-state index is 0.0650. The smallest absolute Gasteiger partial charge is 0.409 e. The molecule has 1 fully saturated rings. The van der Waals surface area contributed by atoms with Gasteiger partial charge in [0.2, 0.25) is 5.91 Å². The van der Waals surface area contributed by atoms with Crippen molar-refractivity contribution in [1.29, 1.82) is 0 Å². The number of nitrogens with one attached hydrogen (secondary N) is 1. The molecule has 0 aliphatic carbocycles. The molecule has 24 heavy (non-hydrogen) atoms. The third kappa shape index (κ3) is 4.61. The molecule has 0 radical (unpaired) electrons. The molecule has 132 valence electrons. The zero-order chi connectivity index (χ0) is 17.5. The van der Waals surface area contributed by atoms with Gasteiger partial charge in [-0.3, -0.25) is 9.69 Å². The highest BCUT2D eigenvalue weighted by Crippen LogP contribution is 2.16. The number of amides is 2. The summed E-state index contributed by atoms with van der Waals surface area (Å²) in [6.07, 6.45) is -0.285. The molecule has 7 heteroatoms. The number of nitrogens with zero attached hydrogens (tertiary/aromatic N) is 2. The Hall–Kier alpha value is -2.28. The van der Waals surface area contributed by atoms with Gasteiger partial charge < -0.3 is 19.7 Å². The summed E-state index contributed by atoms with van der Waals surface area (Å²) in [5.41, 5.74) is 0.734. The molecule has 1 saturated heterocycles. The highest BCUT2D eigenvalue weighted by molar-refractivity contribution is 5.94. The van der Waals surface area contributed by atoms with Crippen molar-refractivity contribution in [1.82, 2.24) is 9.80 Å². The number of ether oxygens (including phenoxy) is 2. The van der Waals surface area contributed by atoms with Gasteiger partial charge in [0.05, 0.1) is 19.8 Å². The topological polar surface area (TPSA) is 71.1 Å². The molecular formula is C17H25N3O4. The number of piperazine rings is 1. The van der Waals surface area contributed by atoms with Crippen LogP contribution in [0.4, 0.5) is 10.5 Å². The van der Waals surface area contributed by atoms with Crippen molar-refractivity contribution in [2.24, 2.45) is 0 Å². The van der Waals surface area contributed by atoms with Crippen LogP contribution in [-0.2, 0) is 9.53 Å². The average molecular weight is 335 g/mol. The minimum atomic E-state index is -0.285. The third-order valence-electron chi connectivity index (χ3n) is 4.12. The lowest BCUT2D eigenvalue weighted by Crippen LogP contribution is -2.54. The predicted octanol–water partition coefficient (Wildman–Crippen LogP) is 1.80. The number of benzene rings is 1. The first-order valence-corrected chi connectivity index (χ1v) is 8.15. The van der Waals surface area contributed by atoms with Crippen LogP contribution in [0, 0.1) is 0 Å². The normalized spacial score (nSPS) is 16.4. The predicted molar refractivity (Wildman–Crippen MR) is 91.3 cm³/mol. The number of anilines is 1. The van der Waals surface area contributed by atoms with Gasteiger partial charge in [0, 0.05) is 31.9 Å². The fourth-order valence-electron chi connectivity index (χ4n) is 2.59. The Kier molecular flexibility index (Phi) is 6.43. The molecule has 1 aliphatic heterocycles. The first kappa shape index (κ1) is 18.1. The summed E-state index contributed by atoms with van der Waals surface area (Å²) in [6.45, 7) is 6.47. The van der Waals surface area contributed by atoms with Crippen LogP contribution < -0.4 is 10.1 Å². The van der Waals surface area contributed by atoms with E-state index in [0.717, 1.165) is 11.4 Å². The fraction of sp³-hybridized carbons (Fsp3) is 0.529. The number of methoxy groups -OCH3 is 1. The molecule has 1 aliphatic rings. The molecule has 0 unspecified atom stereocenters. The van der Waals surface area contributed by atoms with E-state index in [2.05, 4.69) is 10.2 Å². The molecule has 2 rings (SSSR count). The van der Waals surface area contributed by atoms with E-state index in [9.17, 15) is 9.59 Å². The van der Waals surface area contributed by atoms with Gasteiger partial charge >= 0.3 is 6.09 Å². The molecule has 0 aromatic heterocycles. The highest BCUT2D eigenvalue weighted by Gasteiger charge is 2.27. The summed E-state index contributed by atoms with van der Waals surface area (Å²) in [4.78, 5) is 27.8. The molecule has 1 heterocycles. The van der Waals surface area contributed by atoms with Crippen LogP contribution in [0.15, 0.2) is 24.3 Å². The van der Waals surface area contributed by atoms with Gasteiger partial charge in [0.1, 0.15) is 5.75 Å². The molecule has 1 aromatic carbocycles. The zero-order valence-corrected chi connectivity index (χ0v) is 14.4. The van der Waals surface area contributed by atoms with Crippen molar-refractivity contribution in [3.8, 4) is 5.75 Å². The third-order valence-corrected chi connectivity index (χ3v) is 4.12. The van der Waals surface area contributed by atoms with E-state index in [4.69, 9.17) is 9.47 Å². The average Bonchev–Trinajstić information content (AvgIpc) is 2.62. The van der Waals surface area contributed by atoms with Crippen LogP contribution in [0.25, 0.3) is 0 Å². The molecule has 1 N–H and O–H groups in total. The molecule has 0 bridgehead atoms. The monoisotopic (exact) mass is 335 g/mol. The Morgan fingerprint density at radius 1 is 1.17 bits per heavy atom. The number of rotatable bonds is 5. The van der Waals surface area contributed by atoms with Crippen molar-refractivity contribution >= 4 is 17.7 Å². The molecular weight excluding hydrogens is 310 g/mol. The summed E-state index contributed by atoms with van der Waals surface area (Å²) in [5.74, 6) is 0.681. The van der Waals surface area contributed by atoms with Crippen molar-refractivity contribution in [3.05, 3.63) is 24.3 Å². The van der Waals surface area contributed by atoms with Gasteiger partial charge in [0.15, 0.2) is 0 Å². The van der Waals surface area contributed by atoms with Crippen molar-refractivity contribution < 1.29 is 19.1 Å². The van der Waals surface area contributed by atoms with Gasteiger partial charge in [0.25, 0.3) is 0 Å². The molecule has 0 saturated carbocycles. The van der Waals surface area contributed by atoms with Crippen molar-refractivity contribution in [2.75, 3.05) is 45.2 Å². The Morgan fingerprint density at radius 2 is 1.79 bits per heavy atom. The number of carbonyl (C=O) groups is 2. The van der Waals surface area contributed by atoms with E-state index in [0.29, 0.717) is 32.8 Å². The second kappa shape index (κ2) is 8.54. The molecule has 2 amide bonds. The molecule has 0 spiro atoms. The Labute approximate surface area is 142 Å². The van der Waals surface area contributed by atoms with Crippen molar-refractivity contribution in [2.45, 2.75) is 19.9 Å². The lowest BCUT2D eigenvalue weighted by molar-refractivity contribution is -0.121.